The minimum atomic E-state index is 0.357. The lowest BCUT2D eigenvalue weighted by Crippen LogP contribution is -2.49. The summed E-state index contributed by atoms with van der Waals surface area (Å²) in [7, 11) is 0. The molecule has 1 amide bonds. The van der Waals surface area contributed by atoms with Crippen LogP contribution in [0.3, 0.4) is 0 Å². The third-order valence-corrected chi connectivity index (χ3v) is 6.04. The van der Waals surface area contributed by atoms with Crippen LogP contribution >= 0.6 is 11.3 Å². The van der Waals surface area contributed by atoms with Gasteiger partial charge in [-0.1, -0.05) is 6.92 Å². The van der Waals surface area contributed by atoms with Crippen molar-refractivity contribution in [1.29, 1.82) is 0 Å². The number of carbonyl (C=O) groups excluding carboxylic acids is 1. The van der Waals surface area contributed by atoms with E-state index in [0.29, 0.717) is 11.9 Å². The maximum atomic E-state index is 12.2. The van der Waals surface area contributed by atoms with Gasteiger partial charge in [-0.15, -0.1) is 11.3 Å². The van der Waals surface area contributed by atoms with E-state index in [9.17, 15) is 4.79 Å². The molecule has 0 saturated carbocycles. The largest absolute Gasteiger partial charge is 0.356 e. The zero-order chi connectivity index (χ0) is 16.5. The van der Waals surface area contributed by atoms with Crippen LogP contribution in [0, 0.1) is 0 Å². The molecule has 0 spiro atoms. The molecule has 0 atom stereocenters. The summed E-state index contributed by atoms with van der Waals surface area (Å²) in [5, 5.41) is 3.27. The average Bonchev–Trinajstić information content (AvgIpc) is 3.10. The number of piperidine rings is 2. The first-order chi connectivity index (χ1) is 11.8. The molecule has 0 bridgehead atoms. The van der Waals surface area contributed by atoms with Crippen molar-refractivity contribution in [2.75, 3.05) is 24.5 Å². The number of thiophene rings is 1. The lowest BCUT2D eigenvalue weighted by Gasteiger charge is -2.40. The number of likely N-dealkylation sites (tertiary alicyclic amines) is 1. The average molecular weight is 344 g/mol. The summed E-state index contributed by atoms with van der Waals surface area (Å²) in [5.41, 5.74) is 0. The third-order valence-electron chi connectivity index (χ3n) is 5.23. The zero-order valence-electron chi connectivity index (χ0n) is 14.2. The first kappa shape index (κ1) is 15.8. The summed E-state index contributed by atoms with van der Waals surface area (Å²) in [5.74, 6) is 2.37. The number of fused-ring (bicyclic) bond motifs is 1. The number of aryl methyl sites for hydroxylation is 1. The Kier molecular flexibility index (Phi) is 4.39. The van der Waals surface area contributed by atoms with Gasteiger partial charge >= 0.3 is 0 Å². The molecule has 4 heterocycles. The Hall–Kier alpha value is -1.69. The molecule has 24 heavy (non-hydrogen) atoms. The van der Waals surface area contributed by atoms with Crippen LogP contribution in [-0.2, 0) is 11.2 Å². The Balaban J connectivity index is 1.51. The molecule has 2 aliphatic rings. The van der Waals surface area contributed by atoms with Crippen LogP contribution in [0.1, 0.15) is 44.9 Å². The summed E-state index contributed by atoms with van der Waals surface area (Å²) in [6.45, 7) is 5.00. The Morgan fingerprint density at radius 2 is 2.04 bits per heavy atom. The minimum Gasteiger partial charge on any atom is -0.356 e. The fourth-order valence-corrected chi connectivity index (χ4v) is 4.66. The molecule has 2 saturated heterocycles. The molecule has 0 aromatic carbocycles. The van der Waals surface area contributed by atoms with Crippen molar-refractivity contribution in [3.8, 4) is 0 Å². The summed E-state index contributed by atoms with van der Waals surface area (Å²) in [6, 6.07) is 2.55. The highest BCUT2D eigenvalue weighted by atomic mass is 32.1. The fourth-order valence-electron chi connectivity index (χ4n) is 3.88. The summed E-state index contributed by atoms with van der Waals surface area (Å²) < 4.78 is 0. The standard InChI is InChI=1S/C18H24N4OS/c1-2-15-19-17(14-8-12-24-18(14)20-15)21-10-6-13(7-11-21)22-9-4-3-5-16(22)23/h8,12-13H,2-7,9-11H2,1H3. The van der Waals surface area contributed by atoms with Crippen LogP contribution in [0.15, 0.2) is 11.4 Å². The molecule has 2 aromatic rings. The minimum absolute atomic E-state index is 0.357. The van der Waals surface area contributed by atoms with Gasteiger partial charge in [-0.2, -0.15) is 0 Å². The number of nitrogens with zero attached hydrogens (tertiary/aromatic N) is 4. The smallest absolute Gasteiger partial charge is 0.222 e. The summed E-state index contributed by atoms with van der Waals surface area (Å²) >= 11 is 1.69. The van der Waals surface area contributed by atoms with Crippen LogP contribution < -0.4 is 4.90 Å². The van der Waals surface area contributed by atoms with Gasteiger partial charge in [0.15, 0.2) is 0 Å². The Labute approximate surface area is 146 Å². The van der Waals surface area contributed by atoms with Crippen LogP contribution in [-0.4, -0.2) is 46.5 Å². The van der Waals surface area contributed by atoms with Crippen molar-refractivity contribution < 1.29 is 4.79 Å². The van der Waals surface area contributed by atoms with Crippen molar-refractivity contribution in [1.82, 2.24) is 14.9 Å². The molecule has 2 fully saturated rings. The van der Waals surface area contributed by atoms with Gasteiger partial charge in [0.05, 0.1) is 5.39 Å². The molecule has 2 aliphatic heterocycles. The second-order valence-corrected chi connectivity index (χ2v) is 7.61. The lowest BCUT2D eigenvalue weighted by atomic mass is 9.99. The third kappa shape index (κ3) is 2.88. The zero-order valence-corrected chi connectivity index (χ0v) is 15.0. The number of aromatic nitrogens is 2. The SMILES string of the molecule is CCc1nc(N2CCC(N3CCCCC3=O)CC2)c2ccsc2n1. The molecule has 2 aromatic heterocycles. The summed E-state index contributed by atoms with van der Waals surface area (Å²) in [4.78, 5) is 27.2. The van der Waals surface area contributed by atoms with Crippen LogP contribution in [0.2, 0.25) is 0 Å². The van der Waals surface area contributed by atoms with Crippen LogP contribution in [0.25, 0.3) is 10.2 Å². The van der Waals surface area contributed by atoms with E-state index in [0.717, 1.165) is 74.6 Å². The van der Waals surface area contributed by atoms with Gasteiger partial charge in [0.1, 0.15) is 16.5 Å². The van der Waals surface area contributed by atoms with E-state index in [1.54, 1.807) is 11.3 Å². The van der Waals surface area contributed by atoms with Gasteiger partial charge in [0.2, 0.25) is 5.91 Å². The molecule has 6 heteroatoms. The predicted molar refractivity (Wildman–Crippen MR) is 97.6 cm³/mol. The molecule has 5 nitrogen and oxygen atoms in total. The first-order valence-electron chi connectivity index (χ1n) is 9.05. The van der Waals surface area contributed by atoms with Crippen LogP contribution in [0.4, 0.5) is 5.82 Å². The highest BCUT2D eigenvalue weighted by Gasteiger charge is 2.30. The highest BCUT2D eigenvalue weighted by molar-refractivity contribution is 7.16. The van der Waals surface area contributed by atoms with E-state index in [2.05, 4.69) is 33.2 Å². The van der Waals surface area contributed by atoms with Gasteiger partial charge in [-0.25, -0.2) is 9.97 Å². The highest BCUT2D eigenvalue weighted by Crippen LogP contribution is 2.31. The Morgan fingerprint density at radius 3 is 2.79 bits per heavy atom. The van der Waals surface area contributed by atoms with Crippen molar-refractivity contribution in [3.63, 3.8) is 0 Å². The molecule has 0 N–H and O–H groups in total. The number of carbonyl (C=O) groups is 1. The van der Waals surface area contributed by atoms with E-state index in [-0.39, 0.29) is 0 Å². The van der Waals surface area contributed by atoms with Gasteiger partial charge in [0.25, 0.3) is 0 Å². The first-order valence-corrected chi connectivity index (χ1v) is 9.92. The molecule has 4 rings (SSSR count). The second-order valence-electron chi connectivity index (χ2n) is 6.72. The van der Waals surface area contributed by atoms with Gasteiger partial charge < -0.3 is 9.80 Å². The second kappa shape index (κ2) is 6.67. The molecule has 0 unspecified atom stereocenters. The predicted octanol–water partition coefficient (Wildman–Crippen LogP) is 3.24. The van der Waals surface area contributed by atoms with Crippen molar-refractivity contribution >= 4 is 33.3 Å². The van der Waals surface area contributed by atoms with E-state index >= 15 is 0 Å². The maximum Gasteiger partial charge on any atom is 0.222 e. The monoisotopic (exact) mass is 344 g/mol. The number of amides is 1. The maximum absolute atomic E-state index is 12.2. The van der Waals surface area contributed by atoms with Crippen molar-refractivity contribution in [3.05, 3.63) is 17.3 Å². The molecule has 0 aliphatic carbocycles. The van der Waals surface area contributed by atoms with Crippen LogP contribution in [0.5, 0.6) is 0 Å². The Bertz CT molecular complexity index is 736. The lowest BCUT2D eigenvalue weighted by molar-refractivity contribution is -0.136. The normalized spacial score (nSPS) is 20.1. The van der Waals surface area contributed by atoms with E-state index in [1.165, 1.54) is 5.39 Å². The number of rotatable bonds is 3. The van der Waals surface area contributed by atoms with Gasteiger partial charge in [-0.3, -0.25) is 4.79 Å². The van der Waals surface area contributed by atoms with E-state index in [1.807, 2.05) is 0 Å². The van der Waals surface area contributed by atoms with E-state index in [4.69, 9.17) is 4.98 Å². The molecule has 128 valence electrons. The number of hydrogen-bond acceptors (Lipinski definition) is 5. The number of hydrogen-bond donors (Lipinski definition) is 0. The quantitative estimate of drug-likeness (QED) is 0.858. The van der Waals surface area contributed by atoms with Crippen molar-refractivity contribution in [2.45, 2.75) is 51.5 Å². The van der Waals surface area contributed by atoms with E-state index < -0.39 is 0 Å². The topological polar surface area (TPSA) is 49.3 Å². The van der Waals surface area contributed by atoms with Crippen molar-refractivity contribution in [2.24, 2.45) is 0 Å². The van der Waals surface area contributed by atoms with Gasteiger partial charge in [0, 0.05) is 38.5 Å². The Morgan fingerprint density at radius 1 is 1.21 bits per heavy atom. The fraction of sp³-hybridized carbons (Fsp3) is 0.611. The summed E-state index contributed by atoms with van der Waals surface area (Å²) in [6.07, 6.45) is 5.91. The molecule has 0 radical (unpaired) electrons. The molecular formula is C18H24N4OS. The van der Waals surface area contributed by atoms with Gasteiger partial charge in [-0.05, 0) is 37.1 Å². The molecular weight excluding hydrogens is 320 g/mol. The number of anilines is 1.